The van der Waals surface area contributed by atoms with Crippen molar-refractivity contribution in [2.45, 2.75) is 257 Å². The van der Waals surface area contributed by atoms with Gasteiger partial charge in [0.15, 0.2) is 0 Å². The number of hydrogen-bond donors (Lipinski definition) is 3. The molecule has 0 heterocycles. The number of carbonyl (C=O) groups excluding carboxylic acids is 2. The van der Waals surface area contributed by atoms with Gasteiger partial charge >= 0.3 is 5.97 Å². The number of esters is 1. The quantitative estimate of drug-likeness (QED) is 0.0327. The first-order valence-electron chi connectivity index (χ1n) is 23.6. The van der Waals surface area contributed by atoms with E-state index in [-0.39, 0.29) is 18.5 Å². The van der Waals surface area contributed by atoms with E-state index >= 15 is 0 Å². The van der Waals surface area contributed by atoms with Crippen molar-refractivity contribution in [1.82, 2.24) is 5.32 Å². The second-order valence-corrected chi connectivity index (χ2v) is 16.1. The van der Waals surface area contributed by atoms with Crippen molar-refractivity contribution in [1.29, 1.82) is 0 Å². The van der Waals surface area contributed by atoms with Crippen LogP contribution in [-0.2, 0) is 14.3 Å². The van der Waals surface area contributed by atoms with Gasteiger partial charge in [-0.25, -0.2) is 0 Å². The molecule has 0 spiro atoms. The van der Waals surface area contributed by atoms with E-state index in [1.807, 2.05) is 6.08 Å². The first-order chi connectivity index (χ1) is 26.5. The number of ether oxygens (including phenoxy) is 1. The van der Waals surface area contributed by atoms with Gasteiger partial charge in [0.25, 0.3) is 0 Å². The van der Waals surface area contributed by atoms with Gasteiger partial charge in [0.2, 0.25) is 5.91 Å². The summed E-state index contributed by atoms with van der Waals surface area (Å²) in [5, 5.41) is 23.0. The maximum absolute atomic E-state index is 12.4. The summed E-state index contributed by atoms with van der Waals surface area (Å²) in [5.41, 5.74) is 0. The first-order valence-corrected chi connectivity index (χ1v) is 23.6. The van der Waals surface area contributed by atoms with Crippen molar-refractivity contribution in [3.05, 3.63) is 24.3 Å². The molecule has 2 atom stereocenters. The van der Waals surface area contributed by atoms with Crippen LogP contribution in [0.4, 0.5) is 0 Å². The molecule has 1 amide bonds. The summed E-state index contributed by atoms with van der Waals surface area (Å²) >= 11 is 0. The van der Waals surface area contributed by atoms with Crippen LogP contribution in [0.5, 0.6) is 0 Å². The summed E-state index contributed by atoms with van der Waals surface area (Å²) in [5.74, 6) is -0.119. The van der Waals surface area contributed by atoms with Gasteiger partial charge in [-0.2, -0.15) is 0 Å². The standard InChI is InChI=1S/C48H91NO5/c1-3-5-7-9-11-13-15-17-20-24-28-32-36-40-46(51)45(44-50)49-47(52)41-37-33-29-25-21-18-19-23-27-31-35-39-43-54-48(53)42-38-34-30-26-22-16-14-12-10-8-6-4-2/h19,23,36,40,45-46,50-51H,3-18,20-22,24-35,37-39,41-44H2,1-2H3,(H,49,52)/b23-19-,40-36+. The van der Waals surface area contributed by atoms with Gasteiger partial charge in [-0.15, -0.1) is 0 Å². The SMILES string of the molecule is CCCCCCCCCCCCC/C=C/C(O)C(CO)NC(=O)CCCCCCC/C=C\CCCCCOC(=O)CCCCCCCCCCCCCC. The van der Waals surface area contributed by atoms with E-state index in [4.69, 9.17) is 4.74 Å². The molecule has 54 heavy (non-hydrogen) atoms. The Balaban J connectivity index is 3.55. The Morgan fingerprint density at radius 3 is 1.31 bits per heavy atom. The smallest absolute Gasteiger partial charge is 0.305 e. The van der Waals surface area contributed by atoms with Gasteiger partial charge in [-0.3, -0.25) is 9.59 Å². The average molecular weight is 762 g/mol. The summed E-state index contributed by atoms with van der Waals surface area (Å²) in [6.45, 7) is 4.82. The molecular formula is C48H91NO5. The van der Waals surface area contributed by atoms with Crippen LogP contribution in [0.15, 0.2) is 24.3 Å². The molecular weight excluding hydrogens is 671 g/mol. The predicted octanol–water partition coefficient (Wildman–Crippen LogP) is 13.6. The number of aliphatic hydroxyl groups is 2. The lowest BCUT2D eigenvalue weighted by Crippen LogP contribution is -2.45. The minimum absolute atomic E-state index is 0.0244. The highest BCUT2D eigenvalue weighted by atomic mass is 16.5. The zero-order chi connectivity index (χ0) is 39.4. The topological polar surface area (TPSA) is 95.9 Å². The Hall–Kier alpha value is -1.66. The fourth-order valence-electron chi connectivity index (χ4n) is 7.04. The predicted molar refractivity (Wildman–Crippen MR) is 232 cm³/mol. The second kappa shape index (κ2) is 44.1. The van der Waals surface area contributed by atoms with E-state index in [9.17, 15) is 19.8 Å². The lowest BCUT2D eigenvalue weighted by molar-refractivity contribution is -0.143. The molecule has 318 valence electrons. The first kappa shape index (κ1) is 52.3. The molecule has 0 aromatic rings. The fraction of sp³-hybridized carbons (Fsp3) is 0.875. The Morgan fingerprint density at radius 1 is 0.500 bits per heavy atom. The number of unbranched alkanes of at least 4 members (excludes halogenated alkanes) is 30. The van der Waals surface area contributed by atoms with Crippen LogP contribution in [0.2, 0.25) is 0 Å². The number of rotatable bonds is 43. The van der Waals surface area contributed by atoms with Crippen molar-refractivity contribution >= 4 is 11.9 Å². The van der Waals surface area contributed by atoms with Gasteiger partial charge in [0.05, 0.1) is 25.4 Å². The third-order valence-electron chi connectivity index (χ3n) is 10.7. The van der Waals surface area contributed by atoms with Crippen LogP contribution in [0, 0.1) is 0 Å². The maximum atomic E-state index is 12.4. The Kier molecular flexibility index (Phi) is 42.7. The lowest BCUT2D eigenvalue weighted by atomic mass is 10.0. The molecule has 0 saturated carbocycles. The van der Waals surface area contributed by atoms with Crippen molar-refractivity contribution < 1.29 is 24.5 Å². The van der Waals surface area contributed by atoms with Crippen LogP contribution in [0.25, 0.3) is 0 Å². The largest absolute Gasteiger partial charge is 0.466 e. The molecule has 0 bridgehead atoms. The summed E-state index contributed by atoms with van der Waals surface area (Å²) < 4.78 is 5.43. The van der Waals surface area contributed by atoms with Crippen molar-refractivity contribution in [2.24, 2.45) is 0 Å². The third-order valence-corrected chi connectivity index (χ3v) is 10.7. The molecule has 0 aliphatic heterocycles. The summed E-state index contributed by atoms with van der Waals surface area (Å²) in [6.07, 6.45) is 50.2. The second-order valence-electron chi connectivity index (χ2n) is 16.1. The molecule has 0 aromatic heterocycles. The van der Waals surface area contributed by atoms with E-state index in [2.05, 4.69) is 31.3 Å². The highest BCUT2D eigenvalue weighted by molar-refractivity contribution is 5.76. The minimum Gasteiger partial charge on any atom is -0.466 e. The number of amides is 1. The molecule has 0 aliphatic carbocycles. The van der Waals surface area contributed by atoms with Crippen molar-refractivity contribution in [3.8, 4) is 0 Å². The molecule has 0 radical (unpaired) electrons. The Morgan fingerprint density at radius 2 is 0.870 bits per heavy atom. The molecule has 6 nitrogen and oxygen atoms in total. The molecule has 0 fully saturated rings. The average Bonchev–Trinajstić information content (AvgIpc) is 3.17. The number of hydrogen-bond acceptors (Lipinski definition) is 5. The summed E-state index contributed by atoms with van der Waals surface area (Å²) in [4.78, 5) is 24.3. The Bertz CT molecular complexity index is 843. The van der Waals surface area contributed by atoms with Gasteiger partial charge in [0, 0.05) is 12.8 Å². The summed E-state index contributed by atoms with van der Waals surface area (Å²) in [7, 11) is 0. The fourth-order valence-corrected chi connectivity index (χ4v) is 7.04. The lowest BCUT2D eigenvalue weighted by Gasteiger charge is -2.20. The van der Waals surface area contributed by atoms with Gasteiger partial charge in [0.1, 0.15) is 0 Å². The molecule has 6 heteroatoms. The number of carbonyl (C=O) groups is 2. The van der Waals surface area contributed by atoms with E-state index in [1.54, 1.807) is 6.08 Å². The molecule has 0 saturated heterocycles. The van der Waals surface area contributed by atoms with Crippen LogP contribution in [0.3, 0.4) is 0 Å². The minimum atomic E-state index is -0.858. The van der Waals surface area contributed by atoms with Crippen LogP contribution in [0.1, 0.15) is 245 Å². The monoisotopic (exact) mass is 762 g/mol. The zero-order valence-corrected chi connectivity index (χ0v) is 36.0. The van der Waals surface area contributed by atoms with Crippen LogP contribution in [-0.4, -0.2) is 47.4 Å². The molecule has 3 N–H and O–H groups in total. The van der Waals surface area contributed by atoms with E-state index in [0.29, 0.717) is 19.4 Å². The van der Waals surface area contributed by atoms with E-state index < -0.39 is 12.1 Å². The molecule has 2 unspecified atom stereocenters. The molecule has 0 rings (SSSR count). The molecule has 0 aromatic carbocycles. The van der Waals surface area contributed by atoms with E-state index in [0.717, 1.165) is 77.0 Å². The Labute approximate surface area is 335 Å². The summed E-state index contributed by atoms with van der Waals surface area (Å²) in [6, 6.07) is -0.644. The number of nitrogens with one attached hydrogen (secondary N) is 1. The van der Waals surface area contributed by atoms with Gasteiger partial charge in [-0.1, -0.05) is 192 Å². The zero-order valence-electron chi connectivity index (χ0n) is 36.0. The third kappa shape index (κ3) is 40.0. The van der Waals surface area contributed by atoms with Gasteiger partial charge in [-0.05, 0) is 64.2 Å². The van der Waals surface area contributed by atoms with Gasteiger partial charge < -0.3 is 20.3 Å². The number of aliphatic hydroxyl groups excluding tert-OH is 2. The normalized spacial score (nSPS) is 12.9. The highest BCUT2D eigenvalue weighted by Gasteiger charge is 2.18. The highest BCUT2D eigenvalue weighted by Crippen LogP contribution is 2.15. The number of allylic oxidation sites excluding steroid dienone is 3. The van der Waals surface area contributed by atoms with Crippen molar-refractivity contribution in [2.75, 3.05) is 13.2 Å². The van der Waals surface area contributed by atoms with Crippen LogP contribution < -0.4 is 5.32 Å². The van der Waals surface area contributed by atoms with Crippen molar-refractivity contribution in [3.63, 3.8) is 0 Å². The van der Waals surface area contributed by atoms with E-state index in [1.165, 1.54) is 141 Å². The maximum Gasteiger partial charge on any atom is 0.305 e. The van der Waals surface area contributed by atoms with Crippen LogP contribution >= 0.6 is 0 Å². The molecule has 0 aliphatic rings.